The minimum atomic E-state index is 0.622. The molecule has 1 fully saturated rings. The smallest absolute Gasteiger partial charge is 0.0469 e. The predicted octanol–water partition coefficient (Wildman–Crippen LogP) is 1.98. The Hall–Kier alpha value is -0.120. The van der Waals surface area contributed by atoms with E-state index in [-0.39, 0.29) is 0 Å². The van der Waals surface area contributed by atoms with Gasteiger partial charge in [-0.2, -0.15) is 0 Å². The summed E-state index contributed by atoms with van der Waals surface area (Å²) in [6.45, 7) is 12.2. The quantitative estimate of drug-likeness (QED) is 0.739. The molecule has 1 saturated heterocycles. The first-order valence-corrected chi connectivity index (χ1v) is 7.08. The maximum Gasteiger partial charge on any atom is 0.0469 e. The van der Waals surface area contributed by atoms with Gasteiger partial charge >= 0.3 is 0 Å². The summed E-state index contributed by atoms with van der Waals surface area (Å²) in [5, 5.41) is 3.54. The van der Waals surface area contributed by atoms with Crippen molar-refractivity contribution in [2.45, 2.75) is 39.7 Å². The zero-order valence-corrected chi connectivity index (χ0v) is 12.0. The summed E-state index contributed by atoms with van der Waals surface area (Å²) in [4.78, 5) is 2.49. The van der Waals surface area contributed by atoms with Crippen LogP contribution in [0.4, 0.5) is 0 Å². The summed E-state index contributed by atoms with van der Waals surface area (Å²) in [6.07, 6.45) is 2.47. The molecule has 1 atom stereocenters. The maximum atomic E-state index is 5.40. The summed E-state index contributed by atoms with van der Waals surface area (Å²) in [6, 6.07) is 0.622. The van der Waals surface area contributed by atoms with E-state index in [1.165, 1.54) is 19.4 Å². The molecule has 1 rings (SSSR count). The van der Waals surface area contributed by atoms with Crippen LogP contribution >= 0.6 is 0 Å². The Balaban J connectivity index is 2.14. The molecule has 0 saturated carbocycles. The number of hydrogen-bond acceptors (Lipinski definition) is 3. The second kappa shape index (κ2) is 8.06. The van der Waals surface area contributed by atoms with Crippen molar-refractivity contribution in [3.63, 3.8) is 0 Å². The molecule has 1 heterocycles. The first-order chi connectivity index (χ1) is 8.09. The van der Waals surface area contributed by atoms with Gasteiger partial charge < -0.3 is 15.0 Å². The largest absolute Gasteiger partial charge is 0.381 e. The molecule has 0 amide bonds. The van der Waals surface area contributed by atoms with E-state index in [0.29, 0.717) is 6.04 Å². The second-order valence-electron chi connectivity index (χ2n) is 5.90. The zero-order chi connectivity index (χ0) is 12.7. The summed E-state index contributed by atoms with van der Waals surface area (Å²) < 4.78 is 5.40. The van der Waals surface area contributed by atoms with Crippen LogP contribution in [0.25, 0.3) is 0 Å². The monoisotopic (exact) mass is 242 g/mol. The van der Waals surface area contributed by atoms with Gasteiger partial charge in [0.15, 0.2) is 0 Å². The van der Waals surface area contributed by atoms with Gasteiger partial charge in [-0.05, 0) is 45.2 Å². The number of nitrogens with zero attached hydrogens (tertiary/aromatic N) is 1. The Kier molecular flexibility index (Phi) is 7.09. The molecule has 1 aliphatic heterocycles. The molecule has 3 heteroatoms. The lowest BCUT2D eigenvalue weighted by Gasteiger charge is -2.31. The molecule has 0 spiro atoms. The SMILES string of the molecule is CC(C)CNCC(C)N(C)CC1CCOCC1. The van der Waals surface area contributed by atoms with Gasteiger partial charge in [0.2, 0.25) is 0 Å². The van der Waals surface area contributed by atoms with Crippen molar-refractivity contribution in [1.29, 1.82) is 0 Å². The van der Waals surface area contributed by atoms with Gasteiger partial charge in [-0.15, -0.1) is 0 Å². The summed E-state index contributed by atoms with van der Waals surface area (Å²) in [5.74, 6) is 1.57. The molecular weight excluding hydrogens is 212 g/mol. The predicted molar refractivity (Wildman–Crippen MR) is 73.3 cm³/mol. The van der Waals surface area contributed by atoms with Crippen molar-refractivity contribution >= 4 is 0 Å². The molecule has 0 aromatic carbocycles. The lowest BCUT2D eigenvalue weighted by Crippen LogP contribution is -2.41. The summed E-state index contributed by atoms with van der Waals surface area (Å²) >= 11 is 0. The van der Waals surface area contributed by atoms with Crippen molar-refractivity contribution in [2.24, 2.45) is 11.8 Å². The van der Waals surface area contributed by atoms with E-state index >= 15 is 0 Å². The third-order valence-electron chi connectivity index (χ3n) is 3.63. The van der Waals surface area contributed by atoms with Crippen molar-refractivity contribution in [2.75, 3.05) is 39.9 Å². The lowest BCUT2D eigenvalue weighted by molar-refractivity contribution is 0.0513. The van der Waals surface area contributed by atoms with Crippen LogP contribution in [0.5, 0.6) is 0 Å². The molecule has 3 nitrogen and oxygen atoms in total. The molecule has 1 aliphatic rings. The topological polar surface area (TPSA) is 24.5 Å². The van der Waals surface area contributed by atoms with Crippen LogP contribution in [0.15, 0.2) is 0 Å². The molecule has 17 heavy (non-hydrogen) atoms. The fraction of sp³-hybridized carbons (Fsp3) is 1.00. The molecule has 0 aromatic heterocycles. The first-order valence-electron chi connectivity index (χ1n) is 7.08. The molecule has 1 unspecified atom stereocenters. The van der Waals surface area contributed by atoms with E-state index < -0.39 is 0 Å². The highest BCUT2D eigenvalue weighted by Crippen LogP contribution is 2.16. The van der Waals surface area contributed by atoms with E-state index in [9.17, 15) is 0 Å². The van der Waals surface area contributed by atoms with Crippen LogP contribution in [0.2, 0.25) is 0 Å². The van der Waals surface area contributed by atoms with Crippen LogP contribution in [0.1, 0.15) is 33.6 Å². The van der Waals surface area contributed by atoms with Gasteiger partial charge in [-0.3, -0.25) is 0 Å². The fourth-order valence-electron chi connectivity index (χ4n) is 2.25. The van der Waals surface area contributed by atoms with Gasteiger partial charge in [-0.25, -0.2) is 0 Å². The van der Waals surface area contributed by atoms with Gasteiger partial charge in [0.05, 0.1) is 0 Å². The Bertz CT molecular complexity index is 191. The van der Waals surface area contributed by atoms with Gasteiger partial charge in [-0.1, -0.05) is 13.8 Å². The normalized spacial score (nSPS) is 20.1. The molecule has 0 bridgehead atoms. The van der Waals surface area contributed by atoms with E-state index in [4.69, 9.17) is 4.74 Å². The molecule has 1 N–H and O–H groups in total. The Morgan fingerprint density at radius 3 is 2.41 bits per heavy atom. The number of nitrogens with one attached hydrogen (secondary N) is 1. The lowest BCUT2D eigenvalue weighted by atomic mass is 9.99. The number of rotatable bonds is 7. The minimum Gasteiger partial charge on any atom is -0.381 e. The van der Waals surface area contributed by atoms with Gasteiger partial charge in [0.25, 0.3) is 0 Å². The highest BCUT2D eigenvalue weighted by atomic mass is 16.5. The zero-order valence-electron chi connectivity index (χ0n) is 12.0. The van der Waals surface area contributed by atoms with Crippen LogP contribution in [0, 0.1) is 11.8 Å². The third-order valence-corrected chi connectivity index (χ3v) is 3.63. The van der Waals surface area contributed by atoms with Crippen molar-refractivity contribution in [1.82, 2.24) is 10.2 Å². The van der Waals surface area contributed by atoms with Crippen molar-refractivity contribution < 1.29 is 4.74 Å². The van der Waals surface area contributed by atoms with E-state index in [0.717, 1.165) is 38.1 Å². The fourth-order valence-corrected chi connectivity index (χ4v) is 2.25. The summed E-state index contributed by atoms with van der Waals surface area (Å²) in [7, 11) is 2.25. The molecule has 0 radical (unpaired) electrons. The third kappa shape index (κ3) is 6.39. The highest BCUT2D eigenvalue weighted by molar-refractivity contribution is 4.72. The average molecular weight is 242 g/mol. The highest BCUT2D eigenvalue weighted by Gasteiger charge is 2.18. The van der Waals surface area contributed by atoms with Crippen LogP contribution in [0.3, 0.4) is 0 Å². The number of likely N-dealkylation sites (N-methyl/N-ethyl adjacent to an activating group) is 1. The Labute approximate surface area is 107 Å². The molecular formula is C14H30N2O. The number of hydrogen-bond donors (Lipinski definition) is 1. The minimum absolute atomic E-state index is 0.622. The standard InChI is InChI=1S/C14H30N2O/c1-12(2)9-15-10-13(3)16(4)11-14-5-7-17-8-6-14/h12-15H,5-11H2,1-4H3. The van der Waals surface area contributed by atoms with Crippen LogP contribution < -0.4 is 5.32 Å². The average Bonchev–Trinajstić information content (AvgIpc) is 2.29. The molecule has 0 aliphatic carbocycles. The number of ether oxygens (including phenoxy) is 1. The first kappa shape index (κ1) is 14.9. The second-order valence-corrected chi connectivity index (χ2v) is 5.90. The van der Waals surface area contributed by atoms with Crippen molar-refractivity contribution in [3.05, 3.63) is 0 Å². The Morgan fingerprint density at radius 1 is 1.18 bits per heavy atom. The van der Waals surface area contributed by atoms with Gasteiger partial charge in [0.1, 0.15) is 0 Å². The van der Waals surface area contributed by atoms with Crippen LogP contribution in [-0.2, 0) is 4.74 Å². The van der Waals surface area contributed by atoms with Crippen molar-refractivity contribution in [3.8, 4) is 0 Å². The van der Waals surface area contributed by atoms with Crippen LogP contribution in [-0.4, -0.2) is 50.8 Å². The van der Waals surface area contributed by atoms with E-state index in [2.05, 4.69) is 38.0 Å². The molecule has 0 aromatic rings. The van der Waals surface area contributed by atoms with E-state index in [1.54, 1.807) is 0 Å². The van der Waals surface area contributed by atoms with Gasteiger partial charge in [0, 0.05) is 32.3 Å². The van der Waals surface area contributed by atoms with E-state index in [1.807, 2.05) is 0 Å². The maximum absolute atomic E-state index is 5.40. The molecule has 102 valence electrons. The summed E-state index contributed by atoms with van der Waals surface area (Å²) in [5.41, 5.74) is 0. The Morgan fingerprint density at radius 2 is 1.82 bits per heavy atom.